The maximum atomic E-state index is 12.8. The molecule has 1 fully saturated rings. The fraction of sp³-hybridized carbons (Fsp3) is 0.462. The number of carboxylic acid groups (broad SMARTS) is 1. The first-order valence-corrected chi connectivity index (χ1v) is 8.63. The third kappa shape index (κ3) is 3.63. The fourth-order valence-corrected chi connectivity index (χ4v) is 5.01. The first kappa shape index (κ1) is 16.4. The minimum absolute atomic E-state index is 0.0923. The summed E-state index contributed by atoms with van der Waals surface area (Å²) in [6.45, 7) is 2.37. The van der Waals surface area contributed by atoms with E-state index in [1.807, 2.05) is 6.92 Å². The number of ether oxygens (including phenoxy) is 1. The van der Waals surface area contributed by atoms with Crippen molar-refractivity contribution in [1.29, 1.82) is 0 Å². The van der Waals surface area contributed by atoms with E-state index in [2.05, 4.69) is 15.9 Å². The van der Waals surface area contributed by atoms with Gasteiger partial charge in [0, 0.05) is 11.0 Å². The minimum Gasteiger partial charge on any atom is -0.481 e. The zero-order valence-electron chi connectivity index (χ0n) is 11.5. The minimum atomic E-state index is -3.76. The van der Waals surface area contributed by atoms with Crippen LogP contribution in [0.5, 0.6) is 0 Å². The summed E-state index contributed by atoms with van der Waals surface area (Å²) >= 11 is 3.27. The van der Waals surface area contributed by atoms with Crippen molar-refractivity contribution >= 4 is 31.9 Å². The first-order chi connectivity index (χ1) is 9.82. The van der Waals surface area contributed by atoms with Gasteiger partial charge in [-0.05, 0) is 40.5 Å². The average Bonchev–Trinajstić information content (AvgIpc) is 2.37. The fourth-order valence-electron chi connectivity index (χ4n) is 2.26. The van der Waals surface area contributed by atoms with Gasteiger partial charge in [0.2, 0.25) is 10.0 Å². The van der Waals surface area contributed by atoms with Gasteiger partial charge in [-0.25, -0.2) is 8.42 Å². The molecule has 1 saturated heterocycles. The summed E-state index contributed by atoms with van der Waals surface area (Å²) < 4.78 is 32.4. The van der Waals surface area contributed by atoms with Crippen LogP contribution in [0.15, 0.2) is 27.6 Å². The highest BCUT2D eigenvalue weighted by atomic mass is 79.9. The van der Waals surface area contributed by atoms with Crippen LogP contribution >= 0.6 is 15.9 Å². The Bertz CT molecular complexity index is 646. The molecule has 1 unspecified atom stereocenters. The predicted molar refractivity (Wildman–Crippen MR) is 79.6 cm³/mol. The summed E-state index contributed by atoms with van der Waals surface area (Å²) in [7, 11) is -3.76. The molecule has 0 saturated carbocycles. The number of nitrogens with zero attached hydrogens (tertiary/aromatic N) is 1. The maximum absolute atomic E-state index is 12.8. The molecule has 1 heterocycles. The van der Waals surface area contributed by atoms with Crippen LogP contribution in [0, 0.1) is 6.92 Å². The Hall–Kier alpha value is -0.960. The van der Waals surface area contributed by atoms with Gasteiger partial charge in [-0.15, -0.1) is 0 Å². The van der Waals surface area contributed by atoms with E-state index in [1.165, 1.54) is 10.4 Å². The number of hydrogen-bond acceptors (Lipinski definition) is 4. The van der Waals surface area contributed by atoms with Gasteiger partial charge in [-0.1, -0.05) is 6.07 Å². The van der Waals surface area contributed by atoms with Crippen LogP contribution in [0.2, 0.25) is 0 Å². The molecule has 1 aromatic rings. The average molecular weight is 378 g/mol. The lowest BCUT2D eigenvalue weighted by molar-refractivity contribution is -0.139. The summed E-state index contributed by atoms with van der Waals surface area (Å²) in [4.78, 5) is 11.0. The van der Waals surface area contributed by atoms with Crippen LogP contribution in [0.25, 0.3) is 0 Å². The Balaban J connectivity index is 2.38. The SMILES string of the molecule is Cc1ccc(S(=O)(=O)N2CCOCC2CC(=O)O)c(Br)c1. The summed E-state index contributed by atoms with van der Waals surface area (Å²) in [6.07, 6.45) is -0.275. The maximum Gasteiger partial charge on any atom is 0.305 e. The Labute approximate surface area is 131 Å². The molecule has 1 atom stereocenters. The second-order valence-corrected chi connectivity index (χ2v) is 7.59. The number of aryl methyl sites for hydroxylation is 1. The highest BCUT2D eigenvalue weighted by molar-refractivity contribution is 9.10. The first-order valence-electron chi connectivity index (χ1n) is 6.40. The molecule has 0 amide bonds. The van der Waals surface area contributed by atoms with E-state index in [0.29, 0.717) is 4.47 Å². The topological polar surface area (TPSA) is 83.9 Å². The Morgan fingerprint density at radius 2 is 2.24 bits per heavy atom. The number of rotatable bonds is 4. The standard InChI is InChI=1S/C13H16BrNO5S/c1-9-2-3-12(11(14)6-9)21(18,19)15-4-5-20-8-10(15)7-13(16)17/h2-3,6,10H,4-5,7-8H2,1H3,(H,16,17). The van der Waals surface area contributed by atoms with Crippen LogP contribution < -0.4 is 0 Å². The van der Waals surface area contributed by atoms with Crippen LogP contribution in [-0.2, 0) is 19.6 Å². The van der Waals surface area contributed by atoms with Crippen molar-refractivity contribution in [2.75, 3.05) is 19.8 Å². The van der Waals surface area contributed by atoms with Crippen molar-refractivity contribution in [3.63, 3.8) is 0 Å². The monoisotopic (exact) mass is 377 g/mol. The molecule has 0 aromatic heterocycles. The molecule has 1 aliphatic heterocycles. The third-order valence-corrected chi connectivity index (χ3v) is 6.19. The molecule has 1 aliphatic rings. The van der Waals surface area contributed by atoms with Crippen molar-refractivity contribution in [2.24, 2.45) is 0 Å². The Morgan fingerprint density at radius 3 is 2.86 bits per heavy atom. The molecule has 0 bridgehead atoms. The van der Waals surface area contributed by atoms with Crippen molar-refractivity contribution in [1.82, 2.24) is 4.31 Å². The Morgan fingerprint density at radius 1 is 1.52 bits per heavy atom. The van der Waals surface area contributed by atoms with Gasteiger partial charge in [0.1, 0.15) is 0 Å². The van der Waals surface area contributed by atoms with Crippen molar-refractivity contribution in [2.45, 2.75) is 24.3 Å². The predicted octanol–water partition coefficient (Wildman–Crippen LogP) is 1.62. The molecule has 0 aliphatic carbocycles. The largest absolute Gasteiger partial charge is 0.481 e. The molecule has 21 heavy (non-hydrogen) atoms. The molecule has 8 heteroatoms. The van der Waals surface area contributed by atoms with Crippen LogP contribution in [0.3, 0.4) is 0 Å². The number of benzene rings is 1. The number of hydrogen-bond donors (Lipinski definition) is 1. The molecule has 2 rings (SSSR count). The van der Waals surface area contributed by atoms with E-state index >= 15 is 0 Å². The van der Waals surface area contributed by atoms with Gasteiger partial charge in [0.25, 0.3) is 0 Å². The number of morpholine rings is 1. The normalized spacial score (nSPS) is 20.4. The number of sulfonamides is 1. The quantitative estimate of drug-likeness (QED) is 0.861. The zero-order chi connectivity index (χ0) is 15.6. The molecule has 0 radical (unpaired) electrons. The van der Waals surface area contributed by atoms with Crippen LogP contribution in [0.1, 0.15) is 12.0 Å². The van der Waals surface area contributed by atoms with Gasteiger partial charge in [0.15, 0.2) is 0 Å². The van der Waals surface area contributed by atoms with E-state index in [-0.39, 0.29) is 31.1 Å². The molecule has 116 valence electrons. The summed E-state index contributed by atoms with van der Waals surface area (Å²) in [5.74, 6) is -1.05. The highest BCUT2D eigenvalue weighted by Crippen LogP contribution is 2.28. The van der Waals surface area contributed by atoms with Crippen molar-refractivity contribution in [3.05, 3.63) is 28.2 Å². The summed E-state index contributed by atoms with van der Waals surface area (Å²) in [6, 6.07) is 4.28. The van der Waals surface area contributed by atoms with Gasteiger partial charge in [-0.2, -0.15) is 4.31 Å². The zero-order valence-corrected chi connectivity index (χ0v) is 13.9. The molecule has 1 N–H and O–H groups in total. The second kappa shape index (κ2) is 6.43. The second-order valence-electron chi connectivity index (χ2n) is 4.88. The number of halogens is 1. The molecule has 1 aromatic carbocycles. The lowest BCUT2D eigenvalue weighted by Crippen LogP contribution is -2.49. The smallest absolute Gasteiger partial charge is 0.305 e. The van der Waals surface area contributed by atoms with Crippen molar-refractivity contribution in [3.8, 4) is 0 Å². The van der Waals surface area contributed by atoms with E-state index in [1.54, 1.807) is 12.1 Å². The summed E-state index contributed by atoms with van der Waals surface area (Å²) in [5, 5.41) is 8.92. The number of aliphatic carboxylic acids is 1. The van der Waals surface area contributed by atoms with Gasteiger partial charge < -0.3 is 9.84 Å². The Kier molecular flexibility index (Phi) is 5.03. The molecule has 6 nitrogen and oxygen atoms in total. The molecular formula is C13H16BrNO5S. The molecule has 0 spiro atoms. The summed E-state index contributed by atoms with van der Waals surface area (Å²) in [5.41, 5.74) is 0.935. The number of carboxylic acids is 1. The van der Waals surface area contributed by atoms with Gasteiger partial charge >= 0.3 is 5.97 Å². The van der Waals surface area contributed by atoms with Crippen molar-refractivity contribution < 1.29 is 23.1 Å². The third-order valence-electron chi connectivity index (χ3n) is 3.26. The lowest BCUT2D eigenvalue weighted by atomic mass is 10.2. The lowest BCUT2D eigenvalue weighted by Gasteiger charge is -2.33. The van der Waals surface area contributed by atoms with E-state index < -0.39 is 22.0 Å². The van der Waals surface area contributed by atoms with E-state index in [0.717, 1.165) is 5.56 Å². The highest BCUT2D eigenvalue weighted by Gasteiger charge is 2.36. The van der Waals surface area contributed by atoms with Crippen LogP contribution in [-0.4, -0.2) is 49.6 Å². The van der Waals surface area contributed by atoms with Crippen LogP contribution in [0.4, 0.5) is 0 Å². The number of carbonyl (C=O) groups is 1. The van der Waals surface area contributed by atoms with Gasteiger partial charge in [0.05, 0.1) is 30.6 Å². The van der Waals surface area contributed by atoms with E-state index in [4.69, 9.17) is 9.84 Å². The van der Waals surface area contributed by atoms with Gasteiger partial charge in [-0.3, -0.25) is 4.79 Å². The molecular weight excluding hydrogens is 362 g/mol. The van der Waals surface area contributed by atoms with E-state index in [9.17, 15) is 13.2 Å².